The van der Waals surface area contributed by atoms with Crippen molar-refractivity contribution < 1.29 is 0 Å². The molecule has 0 amide bonds. The van der Waals surface area contributed by atoms with Crippen molar-refractivity contribution in [1.82, 2.24) is 15.1 Å². The molecule has 206 valence electrons. The zero-order valence-corrected chi connectivity index (χ0v) is 25.4. The van der Waals surface area contributed by atoms with Gasteiger partial charge in [-0.2, -0.15) is 5.10 Å². The smallest absolute Gasteiger partial charge is 0.148 e. The Morgan fingerprint density at radius 1 is 0.973 bits per heavy atom. The molecule has 4 heteroatoms. The van der Waals surface area contributed by atoms with Crippen LogP contribution in [0.25, 0.3) is 0 Å². The van der Waals surface area contributed by atoms with E-state index in [4.69, 9.17) is 5.73 Å². The van der Waals surface area contributed by atoms with Gasteiger partial charge in [0.15, 0.2) is 0 Å². The highest BCUT2D eigenvalue weighted by Gasteiger charge is 2.68. The van der Waals surface area contributed by atoms with Crippen LogP contribution in [0.15, 0.2) is 11.6 Å². The average Bonchev–Trinajstić information content (AvgIpc) is 3.15. The van der Waals surface area contributed by atoms with E-state index in [1.165, 1.54) is 69.2 Å². The quantitative estimate of drug-likeness (QED) is 0.412. The molecule has 1 aromatic rings. The molecular formula is C33H54N4. The predicted octanol–water partition coefficient (Wildman–Crippen LogP) is 7.37. The lowest BCUT2D eigenvalue weighted by Gasteiger charge is -2.71. The number of hydrogen-bond donors (Lipinski definition) is 2. The summed E-state index contributed by atoms with van der Waals surface area (Å²) < 4.78 is 0. The van der Waals surface area contributed by atoms with Gasteiger partial charge in [0, 0.05) is 23.2 Å². The molecule has 6 rings (SSSR count). The first-order chi connectivity index (χ1) is 17.1. The summed E-state index contributed by atoms with van der Waals surface area (Å²) in [5.74, 6) is 2.82. The summed E-state index contributed by atoms with van der Waals surface area (Å²) in [5, 5.41) is 7.88. The number of H-pyrrole nitrogens is 1. The van der Waals surface area contributed by atoms with Crippen LogP contribution in [-0.2, 0) is 11.8 Å². The van der Waals surface area contributed by atoms with Gasteiger partial charge in [0.2, 0.25) is 0 Å². The molecule has 0 aliphatic heterocycles. The number of rotatable bonds is 2. The summed E-state index contributed by atoms with van der Waals surface area (Å²) in [6.07, 6.45) is 14.7. The minimum Gasteiger partial charge on any atom is -0.382 e. The van der Waals surface area contributed by atoms with Crippen molar-refractivity contribution in [2.75, 3.05) is 26.4 Å². The van der Waals surface area contributed by atoms with E-state index in [2.05, 4.69) is 83.7 Å². The highest BCUT2D eigenvalue weighted by Crippen LogP contribution is 2.75. The molecule has 0 saturated heterocycles. The summed E-state index contributed by atoms with van der Waals surface area (Å²) in [6.45, 7) is 19.3. The molecule has 0 spiro atoms. The molecule has 1 heterocycles. The van der Waals surface area contributed by atoms with E-state index in [0.717, 1.165) is 18.2 Å². The van der Waals surface area contributed by atoms with E-state index < -0.39 is 0 Å². The van der Waals surface area contributed by atoms with E-state index in [1.807, 2.05) is 5.57 Å². The van der Waals surface area contributed by atoms with Crippen LogP contribution in [0.1, 0.15) is 111 Å². The van der Waals surface area contributed by atoms with Gasteiger partial charge in [-0.25, -0.2) is 0 Å². The van der Waals surface area contributed by atoms with Gasteiger partial charge < -0.3 is 10.6 Å². The first kappa shape index (κ1) is 26.0. The first-order valence-electron chi connectivity index (χ1n) is 15.3. The molecule has 5 aliphatic rings. The molecule has 5 aliphatic carbocycles. The Labute approximate surface area is 226 Å². The Bertz CT molecular complexity index is 1130. The first-order valence-corrected chi connectivity index (χ1v) is 15.3. The van der Waals surface area contributed by atoms with Crippen LogP contribution < -0.4 is 5.73 Å². The van der Waals surface area contributed by atoms with Crippen LogP contribution in [0.4, 0.5) is 5.82 Å². The number of nitrogens with one attached hydrogen (secondary N) is 1. The van der Waals surface area contributed by atoms with E-state index >= 15 is 0 Å². The molecule has 0 bridgehead atoms. The van der Waals surface area contributed by atoms with Gasteiger partial charge >= 0.3 is 0 Å². The molecule has 7 atom stereocenters. The number of nitrogens with two attached hydrogens (primary N) is 1. The number of aromatic amines is 1. The fourth-order valence-corrected chi connectivity index (χ4v) is 11.7. The maximum Gasteiger partial charge on any atom is 0.148 e. The van der Waals surface area contributed by atoms with Crippen molar-refractivity contribution in [3.8, 4) is 0 Å². The maximum atomic E-state index is 6.49. The minimum absolute atomic E-state index is 0.0833. The SMILES string of the molecule is CN(C)C[C@]12CCC(C)(C)CC1C1=CCC3[C@@]4(C)Cc5c(N)n[nH]c5C(C)(C)C4CC[C@@]3(C)[C@]1(C)CC2. The van der Waals surface area contributed by atoms with E-state index in [-0.39, 0.29) is 10.8 Å². The van der Waals surface area contributed by atoms with Gasteiger partial charge in [0.1, 0.15) is 5.82 Å². The highest BCUT2D eigenvalue weighted by molar-refractivity contribution is 5.49. The fourth-order valence-electron chi connectivity index (χ4n) is 11.7. The number of fused-ring (bicyclic) bond motifs is 8. The lowest BCUT2D eigenvalue weighted by molar-refractivity contribution is -0.161. The molecule has 3 unspecified atom stereocenters. The Hall–Kier alpha value is -1.29. The third kappa shape index (κ3) is 3.26. The monoisotopic (exact) mass is 506 g/mol. The van der Waals surface area contributed by atoms with Crippen LogP contribution in [-0.4, -0.2) is 35.7 Å². The Balaban J connectivity index is 1.45. The van der Waals surface area contributed by atoms with Crippen molar-refractivity contribution in [2.24, 2.45) is 44.8 Å². The molecule has 3 N–H and O–H groups in total. The summed E-state index contributed by atoms with van der Waals surface area (Å²) >= 11 is 0. The van der Waals surface area contributed by atoms with E-state index in [1.54, 1.807) is 0 Å². The van der Waals surface area contributed by atoms with Gasteiger partial charge in [-0.15, -0.1) is 0 Å². The molecule has 3 fully saturated rings. The normalized spacial score (nSPS) is 45.7. The fraction of sp³-hybridized carbons (Fsp3) is 0.848. The second-order valence-corrected chi connectivity index (χ2v) is 16.7. The predicted molar refractivity (Wildman–Crippen MR) is 154 cm³/mol. The summed E-state index contributed by atoms with van der Waals surface area (Å²) in [7, 11) is 4.60. The zero-order valence-electron chi connectivity index (χ0n) is 25.4. The number of nitrogens with zero attached hydrogens (tertiary/aromatic N) is 2. The van der Waals surface area contributed by atoms with Gasteiger partial charge in [0.05, 0.1) is 0 Å². The minimum atomic E-state index is 0.0833. The maximum absolute atomic E-state index is 6.49. The number of allylic oxidation sites excluding steroid dienone is 2. The molecule has 1 aromatic heterocycles. The number of hydrogen-bond acceptors (Lipinski definition) is 3. The molecule has 3 saturated carbocycles. The Morgan fingerprint density at radius 2 is 1.68 bits per heavy atom. The summed E-state index contributed by atoms with van der Waals surface area (Å²) in [4.78, 5) is 2.49. The topological polar surface area (TPSA) is 57.9 Å². The second kappa shape index (κ2) is 7.67. The number of anilines is 1. The van der Waals surface area contributed by atoms with Crippen molar-refractivity contribution in [2.45, 2.75) is 112 Å². The summed E-state index contributed by atoms with van der Waals surface area (Å²) in [6, 6.07) is 0. The average molecular weight is 507 g/mol. The molecule has 0 aromatic carbocycles. The van der Waals surface area contributed by atoms with Crippen LogP contribution in [0, 0.1) is 44.8 Å². The largest absolute Gasteiger partial charge is 0.382 e. The van der Waals surface area contributed by atoms with Gasteiger partial charge in [-0.3, -0.25) is 5.10 Å². The van der Waals surface area contributed by atoms with Gasteiger partial charge in [-0.05, 0) is 117 Å². The van der Waals surface area contributed by atoms with Crippen molar-refractivity contribution in [3.63, 3.8) is 0 Å². The van der Waals surface area contributed by atoms with Crippen molar-refractivity contribution >= 4 is 5.82 Å². The van der Waals surface area contributed by atoms with Gasteiger partial charge in [0.25, 0.3) is 0 Å². The Morgan fingerprint density at radius 3 is 2.38 bits per heavy atom. The van der Waals surface area contributed by atoms with E-state index in [0.29, 0.717) is 33.5 Å². The van der Waals surface area contributed by atoms with Crippen molar-refractivity contribution in [3.05, 3.63) is 22.9 Å². The lowest BCUT2D eigenvalue weighted by atomic mass is 9.33. The van der Waals surface area contributed by atoms with Gasteiger partial charge in [-0.1, -0.05) is 60.1 Å². The highest BCUT2D eigenvalue weighted by atomic mass is 15.2. The number of nitrogen functional groups attached to an aromatic ring is 1. The third-order valence-electron chi connectivity index (χ3n) is 13.7. The van der Waals surface area contributed by atoms with Crippen LogP contribution >= 0.6 is 0 Å². The standard InChI is InChI=1S/C33H54N4/c1-28(2)14-16-33(20-37(8)9)17-15-31(6)22(23(33)19-28)10-11-25-30(5)18-21-26(35-36-27(21)34)29(3,4)24(30)12-13-32(25,31)7/h10,23-25H,11-20H2,1-9H3,(H3,34,35,36)/t23?,24?,25?,30-,31+,32+,33+/m0/s1. The zero-order chi connectivity index (χ0) is 26.8. The van der Waals surface area contributed by atoms with Crippen LogP contribution in [0.5, 0.6) is 0 Å². The molecule has 4 nitrogen and oxygen atoms in total. The number of aromatic nitrogens is 2. The van der Waals surface area contributed by atoms with Crippen LogP contribution in [0.3, 0.4) is 0 Å². The van der Waals surface area contributed by atoms with Crippen molar-refractivity contribution in [1.29, 1.82) is 0 Å². The Kier molecular flexibility index (Phi) is 5.38. The van der Waals surface area contributed by atoms with Crippen LogP contribution in [0.2, 0.25) is 0 Å². The third-order valence-corrected chi connectivity index (χ3v) is 13.7. The molecule has 0 radical (unpaired) electrons. The molecular weight excluding hydrogens is 452 g/mol. The molecule has 37 heavy (non-hydrogen) atoms. The summed E-state index contributed by atoms with van der Waals surface area (Å²) in [5.41, 5.74) is 12.9. The van der Waals surface area contributed by atoms with E-state index in [9.17, 15) is 0 Å². The second-order valence-electron chi connectivity index (χ2n) is 16.7. The lowest BCUT2D eigenvalue weighted by Crippen LogP contribution is -2.64.